The maximum atomic E-state index is 11.5. The van der Waals surface area contributed by atoms with Crippen molar-refractivity contribution < 1.29 is 14.3 Å². The fourth-order valence-electron chi connectivity index (χ4n) is 1.61. The Hall–Kier alpha value is -1.21. The van der Waals surface area contributed by atoms with E-state index in [4.69, 9.17) is 10.5 Å². The number of rotatable bonds is 4. The van der Waals surface area contributed by atoms with E-state index >= 15 is 0 Å². The van der Waals surface area contributed by atoms with Gasteiger partial charge in [0.05, 0.1) is 23.7 Å². The van der Waals surface area contributed by atoms with Crippen molar-refractivity contribution in [1.82, 2.24) is 10.6 Å². The molecule has 1 aliphatic heterocycles. The third kappa shape index (κ3) is 4.66. The molecule has 6 nitrogen and oxygen atoms in total. The van der Waals surface area contributed by atoms with Crippen molar-refractivity contribution in [1.29, 1.82) is 0 Å². The van der Waals surface area contributed by atoms with Crippen molar-refractivity contribution in [2.45, 2.75) is 31.9 Å². The maximum Gasteiger partial charge on any atom is 0.309 e. The summed E-state index contributed by atoms with van der Waals surface area (Å²) in [7, 11) is 0. The first-order valence-electron chi connectivity index (χ1n) is 5.49. The lowest BCUT2D eigenvalue weighted by atomic mass is 10.1. The van der Waals surface area contributed by atoms with Gasteiger partial charge in [-0.25, -0.2) is 0 Å². The van der Waals surface area contributed by atoms with Gasteiger partial charge in [0.1, 0.15) is 0 Å². The summed E-state index contributed by atoms with van der Waals surface area (Å²) in [6, 6.07) is -0.180. The minimum atomic E-state index is -0.734. The van der Waals surface area contributed by atoms with Gasteiger partial charge in [0.2, 0.25) is 0 Å². The summed E-state index contributed by atoms with van der Waals surface area (Å²) in [5.74, 6) is -1.42. The van der Waals surface area contributed by atoms with Crippen LogP contribution in [0.15, 0.2) is 0 Å². The maximum absolute atomic E-state index is 11.5. The van der Waals surface area contributed by atoms with E-state index in [0.717, 1.165) is 12.8 Å². The highest BCUT2D eigenvalue weighted by molar-refractivity contribution is 7.80. The summed E-state index contributed by atoms with van der Waals surface area (Å²) >= 11 is 4.59. The molecule has 2 unspecified atom stereocenters. The molecule has 2 amide bonds. The second-order valence-corrected chi connectivity index (χ2v) is 4.49. The Kier molecular flexibility index (Phi) is 5.30. The summed E-state index contributed by atoms with van der Waals surface area (Å²) in [5.41, 5.74) is 5.21. The minimum absolute atomic E-state index is 0.0117. The zero-order chi connectivity index (χ0) is 12.8. The van der Waals surface area contributed by atoms with Crippen LogP contribution in [-0.4, -0.2) is 42.1 Å². The van der Waals surface area contributed by atoms with Gasteiger partial charge in [0, 0.05) is 6.61 Å². The SMILES string of the molecule is CC(NC(=O)C(=O)NCC(N)=S)C1CCCO1. The molecule has 0 spiro atoms. The minimum Gasteiger partial charge on any atom is -0.392 e. The smallest absolute Gasteiger partial charge is 0.309 e. The number of nitrogens with two attached hydrogens (primary N) is 1. The Morgan fingerprint density at radius 1 is 1.53 bits per heavy atom. The molecule has 1 heterocycles. The molecule has 0 aromatic heterocycles. The van der Waals surface area contributed by atoms with E-state index < -0.39 is 11.8 Å². The van der Waals surface area contributed by atoms with E-state index in [1.807, 2.05) is 6.92 Å². The molecule has 0 aromatic rings. The normalized spacial score (nSPS) is 20.6. The van der Waals surface area contributed by atoms with Crippen molar-refractivity contribution in [3.05, 3.63) is 0 Å². The lowest BCUT2D eigenvalue weighted by Crippen LogP contribution is -2.48. The van der Waals surface area contributed by atoms with Crippen LogP contribution in [0.25, 0.3) is 0 Å². The Labute approximate surface area is 105 Å². The predicted octanol–water partition coefficient (Wildman–Crippen LogP) is -0.928. The van der Waals surface area contributed by atoms with E-state index in [1.54, 1.807) is 0 Å². The van der Waals surface area contributed by atoms with E-state index in [9.17, 15) is 9.59 Å². The summed E-state index contributed by atoms with van der Waals surface area (Å²) in [4.78, 5) is 22.9. The van der Waals surface area contributed by atoms with Crippen LogP contribution in [0, 0.1) is 0 Å². The van der Waals surface area contributed by atoms with Gasteiger partial charge < -0.3 is 21.1 Å². The van der Waals surface area contributed by atoms with Crippen LogP contribution in [0.1, 0.15) is 19.8 Å². The van der Waals surface area contributed by atoms with E-state index in [2.05, 4.69) is 22.9 Å². The number of amides is 2. The monoisotopic (exact) mass is 259 g/mol. The third-order valence-corrected chi connectivity index (χ3v) is 2.66. The topological polar surface area (TPSA) is 93.5 Å². The molecule has 17 heavy (non-hydrogen) atoms. The Morgan fingerprint density at radius 2 is 2.24 bits per heavy atom. The molecule has 1 fully saturated rings. The lowest BCUT2D eigenvalue weighted by molar-refractivity contribution is -0.139. The van der Waals surface area contributed by atoms with Crippen LogP contribution in [-0.2, 0) is 14.3 Å². The van der Waals surface area contributed by atoms with Crippen LogP contribution in [0.3, 0.4) is 0 Å². The van der Waals surface area contributed by atoms with E-state index in [1.165, 1.54) is 0 Å². The van der Waals surface area contributed by atoms with Gasteiger partial charge in [-0.1, -0.05) is 12.2 Å². The zero-order valence-corrected chi connectivity index (χ0v) is 10.5. The molecule has 1 rings (SSSR count). The average molecular weight is 259 g/mol. The molecule has 1 aliphatic rings. The van der Waals surface area contributed by atoms with Gasteiger partial charge in [-0.2, -0.15) is 0 Å². The largest absolute Gasteiger partial charge is 0.392 e. The van der Waals surface area contributed by atoms with E-state index in [-0.39, 0.29) is 23.7 Å². The zero-order valence-electron chi connectivity index (χ0n) is 9.69. The highest BCUT2D eigenvalue weighted by Gasteiger charge is 2.25. The summed E-state index contributed by atoms with van der Waals surface area (Å²) < 4.78 is 5.41. The highest BCUT2D eigenvalue weighted by atomic mass is 32.1. The Balaban J connectivity index is 2.31. The number of thiocarbonyl (C=S) groups is 1. The molecule has 7 heteroatoms. The molecule has 0 aliphatic carbocycles. The molecular weight excluding hydrogens is 242 g/mol. The molecule has 4 N–H and O–H groups in total. The summed E-state index contributed by atoms with van der Waals surface area (Å²) in [6.45, 7) is 2.54. The molecular formula is C10H17N3O3S. The standard InChI is InChI=1S/C10H17N3O3S/c1-6(7-3-2-4-16-7)13-10(15)9(14)12-5-8(11)17/h6-7H,2-5H2,1H3,(H2,11,17)(H,12,14)(H,13,15). The number of nitrogens with one attached hydrogen (secondary N) is 2. The van der Waals surface area contributed by atoms with Gasteiger partial charge in [-0.15, -0.1) is 0 Å². The first kappa shape index (κ1) is 13.9. The number of hydrogen-bond acceptors (Lipinski definition) is 4. The third-order valence-electron chi connectivity index (χ3n) is 2.51. The number of carbonyl (C=O) groups excluding carboxylic acids is 2. The lowest BCUT2D eigenvalue weighted by Gasteiger charge is -2.19. The molecule has 96 valence electrons. The second-order valence-electron chi connectivity index (χ2n) is 3.96. The number of carbonyl (C=O) groups is 2. The van der Waals surface area contributed by atoms with Crippen molar-refractivity contribution in [2.75, 3.05) is 13.2 Å². The number of hydrogen-bond donors (Lipinski definition) is 3. The molecule has 0 radical (unpaired) electrons. The summed E-state index contributed by atoms with van der Waals surface area (Å²) in [5, 5.41) is 4.91. The molecule has 0 aromatic carbocycles. The van der Waals surface area contributed by atoms with Crippen LogP contribution in [0.4, 0.5) is 0 Å². The van der Waals surface area contributed by atoms with E-state index in [0.29, 0.717) is 6.61 Å². The summed E-state index contributed by atoms with van der Waals surface area (Å²) in [6.07, 6.45) is 1.87. The molecule has 0 bridgehead atoms. The van der Waals surface area contributed by atoms with Gasteiger partial charge >= 0.3 is 11.8 Å². The van der Waals surface area contributed by atoms with Crippen molar-refractivity contribution >= 4 is 29.0 Å². The van der Waals surface area contributed by atoms with Crippen molar-refractivity contribution in [2.24, 2.45) is 5.73 Å². The van der Waals surface area contributed by atoms with Crippen LogP contribution >= 0.6 is 12.2 Å². The number of ether oxygens (including phenoxy) is 1. The first-order valence-corrected chi connectivity index (χ1v) is 5.90. The molecule has 2 atom stereocenters. The Bertz CT molecular complexity index is 316. The first-order chi connectivity index (χ1) is 8.00. The second kappa shape index (κ2) is 6.51. The Morgan fingerprint density at radius 3 is 2.76 bits per heavy atom. The van der Waals surface area contributed by atoms with Crippen molar-refractivity contribution in [3.8, 4) is 0 Å². The predicted molar refractivity (Wildman–Crippen MR) is 66.4 cm³/mol. The quantitative estimate of drug-likeness (QED) is 0.448. The fourth-order valence-corrected chi connectivity index (χ4v) is 1.68. The van der Waals surface area contributed by atoms with Gasteiger partial charge in [-0.3, -0.25) is 9.59 Å². The highest BCUT2D eigenvalue weighted by Crippen LogP contribution is 2.15. The van der Waals surface area contributed by atoms with Crippen LogP contribution in [0.5, 0.6) is 0 Å². The van der Waals surface area contributed by atoms with Crippen LogP contribution < -0.4 is 16.4 Å². The van der Waals surface area contributed by atoms with Gasteiger partial charge in [0.15, 0.2) is 0 Å². The molecule has 0 saturated carbocycles. The van der Waals surface area contributed by atoms with Gasteiger partial charge in [-0.05, 0) is 19.8 Å². The average Bonchev–Trinajstić information content (AvgIpc) is 2.78. The molecule has 1 saturated heterocycles. The van der Waals surface area contributed by atoms with Crippen molar-refractivity contribution in [3.63, 3.8) is 0 Å². The fraction of sp³-hybridized carbons (Fsp3) is 0.700. The van der Waals surface area contributed by atoms with Crippen LogP contribution in [0.2, 0.25) is 0 Å². The van der Waals surface area contributed by atoms with Gasteiger partial charge in [0.25, 0.3) is 0 Å².